The minimum Gasteiger partial charge on any atom is -0.313 e. The first-order valence-electron chi connectivity index (χ1n) is 14.0. The Labute approximate surface area is 319 Å². The molecule has 2 aliphatic heterocycles. The Balaban J connectivity index is 0.000000178. The van der Waals surface area contributed by atoms with E-state index in [1.54, 1.807) is 55.4 Å². The van der Waals surface area contributed by atoms with Gasteiger partial charge in [0, 0.05) is 56.0 Å². The third kappa shape index (κ3) is 9.69. The molecule has 0 N–H and O–H groups in total. The van der Waals surface area contributed by atoms with Crippen LogP contribution in [0.3, 0.4) is 0 Å². The van der Waals surface area contributed by atoms with Crippen LogP contribution >= 0.6 is 94.2 Å². The summed E-state index contributed by atoms with van der Waals surface area (Å²) in [5.74, 6) is -0.186. The molecule has 0 radical (unpaired) electrons. The fourth-order valence-electron chi connectivity index (χ4n) is 4.61. The Hall–Kier alpha value is -2.24. The van der Waals surface area contributed by atoms with Crippen LogP contribution in [0.1, 0.15) is 22.3 Å². The number of carbonyl (C=O) groups excluding carboxylic acids is 2. The summed E-state index contributed by atoms with van der Waals surface area (Å²) in [6, 6.07) is 25.8. The molecule has 13 heteroatoms. The third-order valence-corrected chi connectivity index (χ3v) is 10.4. The van der Waals surface area contributed by atoms with Crippen LogP contribution in [0, 0.1) is 0 Å². The van der Waals surface area contributed by atoms with Gasteiger partial charge in [0.1, 0.15) is 22.9 Å². The van der Waals surface area contributed by atoms with Gasteiger partial charge < -0.3 is 9.80 Å². The van der Waals surface area contributed by atoms with Gasteiger partial charge in [0.25, 0.3) is 5.91 Å². The summed E-state index contributed by atoms with van der Waals surface area (Å²) in [7, 11) is 3.42. The molecule has 0 saturated heterocycles. The average Bonchev–Trinajstić information content (AvgIpc) is 3.22. The zero-order valence-electron chi connectivity index (χ0n) is 25.0. The number of anilines is 2. The van der Waals surface area contributed by atoms with Gasteiger partial charge >= 0.3 is 0 Å². The minimum absolute atomic E-state index is 0.0711. The maximum atomic E-state index is 12.8. The van der Waals surface area contributed by atoms with Gasteiger partial charge in [0.2, 0.25) is 5.91 Å². The number of hydrogen-bond acceptors (Lipinski definition) is 4. The predicted octanol–water partition coefficient (Wildman–Crippen LogP) is 10.3. The SMILES string of the molecule is BrCc1ccccc1Br.CN1C(=O)C(Cc2ccccc2Br)N=C(Cl)c2cc(Cl)ccc21.CN1C(=O)CN=C(Cl)c2cc(Cl)ccc21. The summed E-state index contributed by atoms with van der Waals surface area (Å²) in [5.41, 5.74) is 5.11. The largest absolute Gasteiger partial charge is 0.313 e. The lowest BCUT2D eigenvalue weighted by Gasteiger charge is -2.20. The molecule has 2 amide bonds. The molecule has 0 spiro atoms. The highest BCUT2D eigenvalue weighted by molar-refractivity contribution is 9.11. The molecule has 244 valence electrons. The second-order valence-electron chi connectivity index (χ2n) is 10.2. The van der Waals surface area contributed by atoms with E-state index in [0.29, 0.717) is 43.6 Å². The number of carbonyl (C=O) groups is 2. The van der Waals surface area contributed by atoms with Crippen LogP contribution in [0.25, 0.3) is 0 Å². The number of likely N-dealkylation sites (N-methyl/N-ethyl adjacent to an activating group) is 2. The van der Waals surface area contributed by atoms with E-state index in [4.69, 9.17) is 46.4 Å². The number of halogens is 7. The van der Waals surface area contributed by atoms with E-state index in [9.17, 15) is 9.59 Å². The van der Waals surface area contributed by atoms with Crippen molar-refractivity contribution in [1.82, 2.24) is 0 Å². The third-order valence-electron chi connectivity index (χ3n) is 7.17. The van der Waals surface area contributed by atoms with Gasteiger partial charge in [-0.3, -0.25) is 19.6 Å². The molecule has 0 aliphatic carbocycles. The van der Waals surface area contributed by atoms with Crippen molar-refractivity contribution >= 4 is 128 Å². The van der Waals surface area contributed by atoms with E-state index < -0.39 is 6.04 Å². The van der Waals surface area contributed by atoms with Crippen LogP contribution in [0.5, 0.6) is 0 Å². The van der Waals surface area contributed by atoms with Crippen LogP contribution < -0.4 is 9.80 Å². The lowest BCUT2D eigenvalue weighted by Crippen LogP contribution is -2.36. The molecule has 0 saturated carbocycles. The highest BCUT2D eigenvalue weighted by Crippen LogP contribution is 2.31. The molecular formula is C34H27Br3Cl4N4O2. The zero-order valence-corrected chi connectivity index (χ0v) is 32.8. The molecule has 47 heavy (non-hydrogen) atoms. The highest BCUT2D eigenvalue weighted by Gasteiger charge is 2.29. The lowest BCUT2D eigenvalue weighted by molar-refractivity contribution is -0.119. The summed E-state index contributed by atoms with van der Waals surface area (Å²) in [4.78, 5) is 35.8. The van der Waals surface area contributed by atoms with Gasteiger partial charge in [0.15, 0.2) is 0 Å². The molecular weight excluding hydrogens is 878 g/mol. The van der Waals surface area contributed by atoms with Gasteiger partial charge in [0.05, 0.1) is 11.4 Å². The number of rotatable bonds is 3. The number of hydrogen-bond donors (Lipinski definition) is 0. The number of benzene rings is 4. The molecule has 4 aromatic carbocycles. The molecule has 2 aliphatic rings. The second-order valence-corrected chi connectivity index (χ2v) is 14.1. The van der Waals surface area contributed by atoms with Gasteiger partial charge in [-0.2, -0.15) is 0 Å². The highest BCUT2D eigenvalue weighted by atomic mass is 79.9. The van der Waals surface area contributed by atoms with E-state index in [1.165, 1.54) is 14.9 Å². The van der Waals surface area contributed by atoms with Crippen molar-refractivity contribution in [2.24, 2.45) is 9.98 Å². The van der Waals surface area contributed by atoms with Gasteiger partial charge in [-0.1, -0.05) is 131 Å². The maximum Gasteiger partial charge on any atom is 0.251 e. The Bertz CT molecular complexity index is 1850. The molecule has 4 aromatic rings. The molecule has 6 rings (SSSR count). The summed E-state index contributed by atoms with van der Waals surface area (Å²) in [6.07, 6.45) is 0.475. The van der Waals surface area contributed by atoms with Crippen molar-refractivity contribution in [3.63, 3.8) is 0 Å². The van der Waals surface area contributed by atoms with Crippen LogP contribution in [-0.4, -0.2) is 48.8 Å². The fraction of sp³-hybridized carbons (Fsp3) is 0.176. The predicted molar refractivity (Wildman–Crippen MR) is 208 cm³/mol. The molecule has 0 fully saturated rings. The Morgan fingerprint density at radius 1 is 0.723 bits per heavy atom. The first kappa shape index (κ1) is 37.6. The van der Waals surface area contributed by atoms with Crippen LogP contribution in [0.15, 0.2) is 104 Å². The lowest BCUT2D eigenvalue weighted by atomic mass is 10.1. The molecule has 1 atom stereocenters. The van der Waals surface area contributed by atoms with Crippen LogP contribution in [0.4, 0.5) is 11.4 Å². The number of nitrogens with zero attached hydrogens (tertiary/aromatic N) is 4. The van der Waals surface area contributed by atoms with Crippen molar-refractivity contribution in [1.29, 1.82) is 0 Å². The normalized spacial score (nSPS) is 15.5. The Morgan fingerprint density at radius 2 is 1.23 bits per heavy atom. The molecule has 0 bridgehead atoms. The molecule has 0 aromatic heterocycles. The molecule has 1 unspecified atom stereocenters. The van der Waals surface area contributed by atoms with Gasteiger partial charge in [-0.15, -0.1) is 0 Å². The number of amides is 2. The number of fused-ring (bicyclic) bond motifs is 2. The summed E-state index contributed by atoms with van der Waals surface area (Å²) in [6.45, 7) is 0.0711. The summed E-state index contributed by atoms with van der Waals surface area (Å²) in [5, 5.41) is 2.67. The van der Waals surface area contributed by atoms with Gasteiger partial charge in [-0.05, 0) is 59.7 Å². The van der Waals surface area contributed by atoms with Crippen molar-refractivity contribution < 1.29 is 9.59 Å². The number of aliphatic imine (C=N–C) groups is 2. The fourth-order valence-corrected chi connectivity index (χ4v) is 7.17. The van der Waals surface area contributed by atoms with Crippen molar-refractivity contribution in [3.8, 4) is 0 Å². The zero-order chi connectivity index (χ0) is 34.2. The first-order valence-corrected chi connectivity index (χ1v) is 18.2. The maximum absolute atomic E-state index is 12.8. The van der Waals surface area contributed by atoms with Gasteiger partial charge in [-0.25, -0.2) is 0 Å². The van der Waals surface area contributed by atoms with Crippen molar-refractivity contribution in [3.05, 3.63) is 126 Å². The number of benzodiazepines with no additional fused rings is 2. The van der Waals surface area contributed by atoms with Crippen LogP contribution in [-0.2, 0) is 21.3 Å². The Kier molecular flexibility index (Phi) is 13.9. The standard InChI is InChI=1S/C17H13BrCl2N2O.C10H8Cl2N2O.C7H6Br2/c1-22-15-7-6-11(19)9-12(15)16(20)21-14(17(22)23)8-10-4-2-3-5-13(10)18;1-14-8-3-2-6(11)4-7(8)10(12)13-5-9(14)15;8-5-6-3-1-2-4-7(6)9/h2-7,9,14H,8H2,1H3;2-4H,5H2,1H3;1-4H,5H2. The summed E-state index contributed by atoms with van der Waals surface area (Å²) >= 11 is 34.5. The minimum atomic E-state index is -0.572. The first-order chi connectivity index (χ1) is 22.4. The van der Waals surface area contributed by atoms with Crippen molar-refractivity contribution in [2.45, 2.75) is 17.8 Å². The van der Waals surface area contributed by atoms with Crippen LogP contribution in [0.2, 0.25) is 10.0 Å². The van der Waals surface area contributed by atoms with E-state index >= 15 is 0 Å². The molecule has 6 nitrogen and oxygen atoms in total. The van der Waals surface area contributed by atoms with E-state index in [0.717, 1.165) is 21.1 Å². The Morgan fingerprint density at radius 3 is 1.77 bits per heavy atom. The van der Waals surface area contributed by atoms with E-state index in [-0.39, 0.29) is 18.4 Å². The molecule has 2 heterocycles. The van der Waals surface area contributed by atoms with Crippen molar-refractivity contribution in [2.75, 3.05) is 30.4 Å². The van der Waals surface area contributed by atoms with E-state index in [1.807, 2.05) is 42.5 Å². The number of alkyl halides is 1. The topological polar surface area (TPSA) is 65.3 Å². The monoisotopic (exact) mass is 900 g/mol. The van der Waals surface area contributed by atoms with E-state index in [2.05, 4.69) is 63.8 Å². The smallest absolute Gasteiger partial charge is 0.251 e. The quantitative estimate of drug-likeness (QED) is 0.192. The average molecular weight is 905 g/mol. The second kappa shape index (κ2) is 17.4. The summed E-state index contributed by atoms with van der Waals surface area (Å²) < 4.78 is 2.12.